The van der Waals surface area contributed by atoms with Crippen LogP contribution in [-0.4, -0.2) is 4.98 Å². The molecule has 2 aromatic carbocycles. The molecule has 3 aromatic rings. The number of hydrogen-bond acceptors (Lipinski definition) is 2. The van der Waals surface area contributed by atoms with Gasteiger partial charge in [-0.1, -0.05) is 24.3 Å². The molecule has 22 heavy (non-hydrogen) atoms. The third-order valence-electron chi connectivity index (χ3n) is 4.28. The molecule has 0 amide bonds. The lowest BCUT2D eigenvalue weighted by Gasteiger charge is -2.09. The van der Waals surface area contributed by atoms with Crippen LogP contribution in [0.2, 0.25) is 0 Å². The maximum absolute atomic E-state index is 5.36. The topological polar surface area (TPSA) is 26.0 Å². The van der Waals surface area contributed by atoms with Crippen molar-refractivity contribution in [1.29, 1.82) is 0 Å². The van der Waals surface area contributed by atoms with Gasteiger partial charge >= 0.3 is 0 Å². The molecule has 0 atom stereocenters. The first-order chi connectivity index (χ1) is 10.6. The standard InChI is InChI=1S/C20H21NO/c1-14-4-5-17(12-15(14)2)6-7-18-8-9-19(13-16(18)3)20-21-10-11-22-20/h4-5,8-13H,6-7H2,1-3H3. The van der Waals surface area contributed by atoms with E-state index < -0.39 is 0 Å². The molecule has 0 aliphatic carbocycles. The summed E-state index contributed by atoms with van der Waals surface area (Å²) in [7, 11) is 0. The number of nitrogens with zero attached hydrogens (tertiary/aromatic N) is 1. The summed E-state index contributed by atoms with van der Waals surface area (Å²) in [6, 6.07) is 13.2. The van der Waals surface area contributed by atoms with E-state index in [1.165, 1.54) is 27.8 Å². The average Bonchev–Trinajstić information content (AvgIpc) is 3.04. The second-order valence-corrected chi connectivity index (χ2v) is 5.90. The van der Waals surface area contributed by atoms with Crippen molar-refractivity contribution >= 4 is 0 Å². The highest BCUT2D eigenvalue weighted by Gasteiger charge is 2.06. The van der Waals surface area contributed by atoms with E-state index in [9.17, 15) is 0 Å². The molecule has 0 unspecified atom stereocenters. The Balaban J connectivity index is 1.74. The van der Waals surface area contributed by atoms with Crippen molar-refractivity contribution in [2.45, 2.75) is 33.6 Å². The van der Waals surface area contributed by atoms with Crippen LogP contribution in [0.1, 0.15) is 27.8 Å². The minimum Gasteiger partial charge on any atom is -0.445 e. The number of rotatable bonds is 4. The summed E-state index contributed by atoms with van der Waals surface area (Å²) in [6.45, 7) is 6.49. The summed E-state index contributed by atoms with van der Waals surface area (Å²) in [6.07, 6.45) is 5.41. The molecular weight excluding hydrogens is 270 g/mol. The molecule has 1 heterocycles. The van der Waals surface area contributed by atoms with Gasteiger partial charge in [-0.05, 0) is 73.6 Å². The van der Waals surface area contributed by atoms with Crippen molar-refractivity contribution in [2.24, 2.45) is 0 Å². The van der Waals surface area contributed by atoms with Gasteiger partial charge in [0, 0.05) is 5.56 Å². The van der Waals surface area contributed by atoms with Crippen LogP contribution in [0.5, 0.6) is 0 Å². The molecule has 0 saturated heterocycles. The summed E-state index contributed by atoms with van der Waals surface area (Å²) in [5.74, 6) is 0.684. The SMILES string of the molecule is Cc1ccc(CCc2ccc(-c3ncco3)cc2C)cc1C. The van der Waals surface area contributed by atoms with Crippen LogP contribution in [0.4, 0.5) is 0 Å². The fourth-order valence-electron chi connectivity index (χ4n) is 2.71. The predicted molar refractivity (Wildman–Crippen MR) is 90.0 cm³/mol. The van der Waals surface area contributed by atoms with Crippen LogP contribution >= 0.6 is 0 Å². The van der Waals surface area contributed by atoms with Gasteiger partial charge in [-0.3, -0.25) is 0 Å². The first-order valence-corrected chi connectivity index (χ1v) is 7.69. The van der Waals surface area contributed by atoms with Gasteiger partial charge in [0.1, 0.15) is 6.26 Å². The Hall–Kier alpha value is -2.35. The third-order valence-corrected chi connectivity index (χ3v) is 4.28. The maximum Gasteiger partial charge on any atom is 0.225 e. The lowest BCUT2D eigenvalue weighted by Crippen LogP contribution is -1.96. The monoisotopic (exact) mass is 291 g/mol. The zero-order valence-electron chi connectivity index (χ0n) is 13.4. The fraction of sp³-hybridized carbons (Fsp3) is 0.250. The minimum absolute atomic E-state index is 0.684. The fourth-order valence-corrected chi connectivity index (χ4v) is 2.71. The number of aromatic nitrogens is 1. The molecule has 0 fully saturated rings. The lowest BCUT2D eigenvalue weighted by atomic mass is 9.97. The van der Waals surface area contributed by atoms with Crippen LogP contribution in [-0.2, 0) is 12.8 Å². The highest BCUT2D eigenvalue weighted by molar-refractivity contribution is 5.55. The molecule has 2 nitrogen and oxygen atoms in total. The second kappa shape index (κ2) is 6.18. The maximum atomic E-state index is 5.36. The predicted octanol–water partition coefficient (Wildman–Crippen LogP) is 5.05. The minimum atomic E-state index is 0.684. The molecule has 0 spiro atoms. The molecule has 0 saturated carbocycles. The summed E-state index contributed by atoms with van der Waals surface area (Å²) in [4.78, 5) is 4.20. The third kappa shape index (κ3) is 3.11. The van der Waals surface area contributed by atoms with Gasteiger partial charge in [-0.25, -0.2) is 4.98 Å². The smallest absolute Gasteiger partial charge is 0.225 e. The Morgan fingerprint density at radius 3 is 2.41 bits per heavy atom. The van der Waals surface area contributed by atoms with Crippen molar-refractivity contribution in [3.63, 3.8) is 0 Å². The van der Waals surface area contributed by atoms with Gasteiger partial charge in [-0.2, -0.15) is 0 Å². The van der Waals surface area contributed by atoms with E-state index in [-0.39, 0.29) is 0 Å². The largest absolute Gasteiger partial charge is 0.445 e. The summed E-state index contributed by atoms with van der Waals surface area (Å²) in [5.41, 5.74) is 7.84. The van der Waals surface area contributed by atoms with Gasteiger partial charge in [0.25, 0.3) is 0 Å². The van der Waals surface area contributed by atoms with Crippen molar-refractivity contribution < 1.29 is 4.42 Å². The van der Waals surface area contributed by atoms with Crippen LogP contribution < -0.4 is 0 Å². The Morgan fingerprint density at radius 1 is 0.864 bits per heavy atom. The zero-order valence-corrected chi connectivity index (χ0v) is 13.4. The van der Waals surface area contributed by atoms with Crippen LogP contribution in [0.25, 0.3) is 11.5 Å². The number of aryl methyl sites for hydroxylation is 5. The van der Waals surface area contributed by atoms with E-state index in [0.29, 0.717) is 5.89 Å². The van der Waals surface area contributed by atoms with Gasteiger partial charge in [0.05, 0.1) is 6.20 Å². The van der Waals surface area contributed by atoms with E-state index in [1.54, 1.807) is 12.5 Å². The number of oxazole rings is 1. The highest BCUT2D eigenvalue weighted by atomic mass is 16.3. The van der Waals surface area contributed by atoms with E-state index >= 15 is 0 Å². The Bertz CT molecular complexity index is 772. The van der Waals surface area contributed by atoms with Gasteiger partial charge in [0.15, 0.2) is 0 Å². The van der Waals surface area contributed by atoms with Crippen molar-refractivity contribution in [2.75, 3.05) is 0 Å². The molecule has 0 radical (unpaired) electrons. The molecule has 112 valence electrons. The highest BCUT2D eigenvalue weighted by Crippen LogP contribution is 2.22. The van der Waals surface area contributed by atoms with Crippen molar-refractivity contribution in [3.8, 4) is 11.5 Å². The second-order valence-electron chi connectivity index (χ2n) is 5.90. The van der Waals surface area contributed by atoms with Crippen LogP contribution in [0.15, 0.2) is 53.3 Å². The van der Waals surface area contributed by atoms with E-state index in [0.717, 1.165) is 18.4 Å². The van der Waals surface area contributed by atoms with Crippen LogP contribution in [0.3, 0.4) is 0 Å². The molecular formula is C20H21NO. The first-order valence-electron chi connectivity index (χ1n) is 7.69. The van der Waals surface area contributed by atoms with Gasteiger partial charge in [-0.15, -0.1) is 0 Å². The van der Waals surface area contributed by atoms with E-state index in [4.69, 9.17) is 4.42 Å². The normalized spacial score (nSPS) is 10.9. The van der Waals surface area contributed by atoms with Crippen molar-refractivity contribution in [1.82, 2.24) is 4.98 Å². The molecule has 2 heteroatoms. The molecule has 1 aromatic heterocycles. The van der Waals surface area contributed by atoms with Crippen LogP contribution in [0, 0.1) is 20.8 Å². The molecule has 0 bridgehead atoms. The Morgan fingerprint density at radius 2 is 1.73 bits per heavy atom. The first kappa shape index (κ1) is 14.6. The molecule has 0 N–H and O–H groups in total. The number of benzene rings is 2. The van der Waals surface area contributed by atoms with Crippen molar-refractivity contribution in [3.05, 3.63) is 76.7 Å². The van der Waals surface area contributed by atoms with Gasteiger partial charge in [0.2, 0.25) is 5.89 Å². The summed E-state index contributed by atoms with van der Waals surface area (Å²) < 4.78 is 5.36. The Labute approximate surface area is 131 Å². The van der Waals surface area contributed by atoms with E-state index in [2.05, 4.69) is 62.2 Å². The molecule has 0 aliphatic heterocycles. The summed E-state index contributed by atoms with van der Waals surface area (Å²) >= 11 is 0. The lowest BCUT2D eigenvalue weighted by molar-refractivity contribution is 0.574. The average molecular weight is 291 g/mol. The van der Waals surface area contributed by atoms with E-state index in [1.807, 2.05) is 0 Å². The quantitative estimate of drug-likeness (QED) is 0.672. The molecule has 0 aliphatic rings. The Kier molecular flexibility index (Phi) is 4.10. The zero-order chi connectivity index (χ0) is 15.5. The summed E-state index contributed by atoms with van der Waals surface area (Å²) in [5, 5.41) is 0. The molecule has 3 rings (SSSR count). The van der Waals surface area contributed by atoms with Gasteiger partial charge < -0.3 is 4.42 Å². The number of hydrogen-bond donors (Lipinski definition) is 0.